The fourth-order valence-electron chi connectivity index (χ4n) is 4.59. The molecule has 1 amide bonds. The first-order valence-corrected chi connectivity index (χ1v) is 8.43. The molecule has 2 saturated carbocycles. The molecule has 0 heterocycles. The van der Waals surface area contributed by atoms with E-state index in [1.807, 2.05) is 31.2 Å². The van der Waals surface area contributed by atoms with Gasteiger partial charge in [-0.1, -0.05) is 32.9 Å². The highest BCUT2D eigenvalue weighted by atomic mass is 16.5. The van der Waals surface area contributed by atoms with Gasteiger partial charge in [0.2, 0.25) is 0 Å². The quantitative estimate of drug-likeness (QED) is 0.912. The maximum absolute atomic E-state index is 12.7. The molecule has 22 heavy (non-hydrogen) atoms. The molecule has 2 fully saturated rings. The number of fused-ring (bicyclic) bond motifs is 2. The average molecular weight is 301 g/mol. The Balaban J connectivity index is 1.79. The van der Waals surface area contributed by atoms with Crippen molar-refractivity contribution < 1.29 is 9.53 Å². The van der Waals surface area contributed by atoms with Crippen molar-refractivity contribution in [3.8, 4) is 5.75 Å². The lowest BCUT2D eigenvalue weighted by Gasteiger charge is -2.39. The number of carbonyl (C=O) groups excluding carboxylic acids is 1. The Morgan fingerprint density at radius 2 is 2.05 bits per heavy atom. The van der Waals surface area contributed by atoms with Gasteiger partial charge in [0.1, 0.15) is 5.75 Å². The van der Waals surface area contributed by atoms with Gasteiger partial charge in [-0.15, -0.1) is 0 Å². The minimum Gasteiger partial charge on any atom is -0.493 e. The molecular weight excluding hydrogens is 274 g/mol. The number of ether oxygens (including phenoxy) is 1. The molecule has 2 aliphatic rings. The summed E-state index contributed by atoms with van der Waals surface area (Å²) >= 11 is 0. The standard InChI is InChI=1S/C19H27NO2/c1-5-22-15-9-7-6-8-14(15)17(21)20-16-12-13-10-11-19(16,4)18(13,2)3/h6-9,13,16H,5,10-12H2,1-4H3,(H,20,21)/t13-,16+,19-/m0/s1. The Kier molecular flexibility index (Phi) is 3.70. The summed E-state index contributed by atoms with van der Waals surface area (Å²) in [7, 11) is 0. The van der Waals surface area contributed by atoms with Crippen LogP contribution in [0, 0.1) is 16.7 Å². The van der Waals surface area contributed by atoms with Crippen LogP contribution in [0.3, 0.4) is 0 Å². The number of amides is 1. The Hall–Kier alpha value is -1.51. The molecule has 0 unspecified atom stereocenters. The van der Waals surface area contributed by atoms with Crippen LogP contribution in [0.4, 0.5) is 0 Å². The molecule has 2 bridgehead atoms. The Morgan fingerprint density at radius 3 is 2.64 bits per heavy atom. The van der Waals surface area contributed by atoms with E-state index in [1.165, 1.54) is 12.8 Å². The van der Waals surface area contributed by atoms with E-state index in [0.29, 0.717) is 23.3 Å². The summed E-state index contributed by atoms with van der Waals surface area (Å²) < 4.78 is 5.59. The van der Waals surface area contributed by atoms with Crippen LogP contribution >= 0.6 is 0 Å². The molecule has 0 radical (unpaired) electrons. The summed E-state index contributed by atoms with van der Waals surface area (Å²) in [6.07, 6.45) is 3.61. The molecule has 0 aromatic heterocycles. The summed E-state index contributed by atoms with van der Waals surface area (Å²) in [4.78, 5) is 12.7. The SMILES string of the molecule is CCOc1ccccc1C(=O)N[C@@H]1C[C@@H]2CC[C@]1(C)C2(C)C. The molecule has 3 nitrogen and oxygen atoms in total. The Morgan fingerprint density at radius 1 is 1.32 bits per heavy atom. The maximum atomic E-state index is 12.7. The molecule has 120 valence electrons. The van der Waals surface area contributed by atoms with E-state index >= 15 is 0 Å². The number of para-hydroxylation sites is 1. The average Bonchev–Trinajstić information content (AvgIpc) is 2.81. The molecule has 2 aliphatic carbocycles. The molecule has 3 heteroatoms. The van der Waals surface area contributed by atoms with Crippen molar-refractivity contribution in [2.75, 3.05) is 6.61 Å². The van der Waals surface area contributed by atoms with Crippen LogP contribution in [-0.4, -0.2) is 18.6 Å². The fraction of sp³-hybridized carbons (Fsp3) is 0.632. The van der Waals surface area contributed by atoms with Gasteiger partial charge in [-0.25, -0.2) is 0 Å². The highest BCUT2D eigenvalue weighted by Crippen LogP contribution is 2.65. The van der Waals surface area contributed by atoms with Crippen molar-refractivity contribution in [1.82, 2.24) is 5.32 Å². The van der Waals surface area contributed by atoms with Gasteiger partial charge in [-0.3, -0.25) is 4.79 Å². The molecule has 0 saturated heterocycles. The summed E-state index contributed by atoms with van der Waals surface area (Å²) in [5.74, 6) is 1.40. The molecule has 3 atom stereocenters. The van der Waals surface area contributed by atoms with Gasteiger partial charge < -0.3 is 10.1 Å². The van der Waals surface area contributed by atoms with Crippen molar-refractivity contribution in [3.05, 3.63) is 29.8 Å². The summed E-state index contributed by atoms with van der Waals surface area (Å²) in [5.41, 5.74) is 1.16. The third-order valence-corrected chi connectivity index (χ3v) is 6.53. The first kappa shape index (κ1) is 15.4. The zero-order chi connectivity index (χ0) is 16.0. The molecule has 0 aliphatic heterocycles. The smallest absolute Gasteiger partial charge is 0.255 e. The van der Waals surface area contributed by atoms with Crippen LogP contribution in [0.1, 0.15) is 57.3 Å². The number of rotatable bonds is 4. The summed E-state index contributed by atoms with van der Waals surface area (Å²) in [5, 5.41) is 3.30. The predicted molar refractivity (Wildman–Crippen MR) is 88.1 cm³/mol. The van der Waals surface area contributed by atoms with Crippen LogP contribution < -0.4 is 10.1 Å². The second-order valence-electron chi connectivity index (χ2n) is 7.57. The van der Waals surface area contributed by atoms with Crippen LogP contribution in [0.2, 0.25) is 0 Å². The van der Waals surface area contributed by atoms with E-state index in [-0.39, 0.29) is 17.4 Å². The Bertz CT molecular complexity index is 581. The zero-order valence-electron chi connectivity index (χ0n) is 14.1. The lowest BCUT2D eigenvalue weighted by molar-refractivity contribution is 0.0823. The van der Waals surface area contributed by atoms with Crippen LogP contribution in [0.25, 0.3) is 0 Å². The van der Waals surface area contributed by atoms with E-state index < -0.39 is 0 Å². The number of carbonyl (C=O) groups is 1. The predicted octanol–water partition coefficient (Wildman–Crippen LogP) is 4.03. The lowest BCUT2D eigenvalue weighted by Crippen LogP contribution is -2.46. The first-order valence-electron chi connectivity index (χ1n) is 8.43. The third kappa shape index (κ3) is 2.13. The number of nitrogens with one attached hydrogen (secondary N) is 1. The van der Waals surface area contributed by atoms with E-state index in [1.54, 1.807) is 0 Å². The monoisotopic (exact) mass is 301 g/mol. The molecule has 1 N–H and O–H groups in total. The lowest BCUT2D eigenvalue weighted by atomic mass is 9.69. The van der Waals surface area contributed by atoms with Gasteiger partial charge in [-0.2, -0.15) is 0 Å². The van der Waals surface area contributed by atoms with E-state index in [2.05, 4.69) is 26.1 Å². The highest BCUT2D eigenvalue weighted by Gasteiger charge is 2.61. The normalized spacial score (nSPS) is 32.0. The fourth-order valence-corrected chi connectivity index (χ4v) is 4.59. The van der Waals surface area contributed by atoms with Gasteiger partial charge >= 0.3 is 0 Å². The van der Waals surface area contributed by atoms with E-state index in [4.69, 9.17) is 4.74 Å². The second kappa shape index (κ2) is 5.29. The van der Waals surface area contributed by atoms with Gasteiger partial charge in [0.25, 0.3) is 5.91 Å². The van der Waals surface area contributed by atoms with Crippen LogP contribution in [0.5, 0.6) is 5.75 Å². The van der Waals surface area contributed by atoms with Crippen molar-refractivity contribution in [2.24, 2.45) is 16.7 Å². The number of hydrogen-bond donors (Lipinski definition) is 1. The minimum absolute atomic E-state index is 0.00127. The van der Waals surface area contributed by atoms with E-state index in [0.717, 1.165) is 12.3 Å². The highest BCUT2D eigenvalue weighted by molar-refractivity contribution is 5.97. The third-order valence-electron chi connectivity index (χ3n) is 6.53. The summed E-state index contributed by atoms with van der Waals surface area (Å²) in [6.45, 7) is 9.59. The number of benzene rings is 1. The van der Waals surface area contributed by atoms with Crippen LogP contribution in [-0.2, 0) is 0 Å². The van der Waals surface area contributed by atoms with Gasteiger partial charge in [0.15, 0.2) is 0 Å². The first-order chi connectivity index (χ1) is 10.4. The molecular formula is C19H27NO2. The zero-order valence-corrected chi connectivity index (χ0v) is 14.1. The summed E-state index contributed by atoms with van der Waals surface area (Å²) in [6, 6.07) is 7.78. The molecule has 0 spiro atoms. The van der Waals surface area contributed by atoms with Crippen molar-refractivity contribution >= 4 is 5.91 Å². The molecule has 1 aromatic carbocycles. The van der Waals surface area contributed by atoms with Crippen molar-refractivity contribution in [3.63, 3.8) is 0 Å². The van der Waals surface area contributed by atoms with Crippen molar-refractivity contribution in [1.29, 1.82) is 0 Å². The molecule has 1 aromatic rings. The number of hydrogen-bond acceptors (Lipinski definition) is 2. The van der Waals surface area contributed by atoms with E-state index in [9.17, 15) is 4.79 Å². The maximum Gasteiger partial charge on any atom is 0.255 e. The van der Waals surface area contributed by atoms with Crippen molar-refractivity contribution in [2.45, 2.75) is 53.0 Å². The van der Waals surface area contributed by atoms with Crippen LogP contribution in [0.15, 0.2) is 24.3 Å². The Labute approximate surface area is 133 Å². The van der Waals surface area contributed by atoms with Gasteiger partial charge in [0, 0.05) is 6.04 Å². The minimum atomic E-state index is -0.00127. The topological polar surface area (TPSA) is 38.3 Å². The van der Waals surface area contributed by atoms with Gasteiger partial charge in [0.05, 0.1) is 12.2 Å². The largest absolute Gasteiger partial charge is 0.493 e. The van der Waals surface area contributed by atoms with Gasteiger partial charge in [-0.05, 0) is 55.1 Å². The second-order valence-corrected chi connectivity index (χ2v) is 7.57. The molecule has 3 rings (SSSR count).